The third-order valence-corrected chi connectivity index (χ3v) is 4.51. The number of nitrogens with zero attached hydrogens (tertiary/aromatic N) is 1. The first kappa shape index (κ1) is 26.6. The third-order valence-electron chi connectivity index (χ3n) is 2.99. The average Bonchev–Trinajstić information content (AvgIpc) is 2.28. The Morgan fingerprint density at radius 1 is 1.04 bits per heavy atom. The molecule has 146 valence electrons. The van der Waals surface area contributed by atoms with E-state index in [0.29, 0.717) is 4.90 Å². The molecule has 0 aromatic carbocycles. The number of rotatable bonds is 6. The van der Waals surface area contributed by atoms with Crippen LogP contribution >= 0.6 is 15.2 Å². The molecule has 1 aliphatic rings. The summed E-state index contributed by atoms with van der Waals surface area (Å²) in [7, 11) is -9.65. The van der Waals surface area contributed by atoms with Crippen LogP contribution < -0.4 is 21.3 Å². The molecule has 0 bridgehead atoms. The molecule has 14 heteroatoms. The van der Waals surface area contributed by atoms with Crippen LogP contribution in [0, 0.1) is 0 Å². The van der Waals surface area contributed by atoms with Gasteiger partial charge >= 0.3 is 27.0 Å². The van der Waals surface area contributed by atoms with Gasteiger partial charge in [-0.2, -0.15) is 0 Å². The van der Waals surface area contributed by atoms with Gasteiger partial charge in [0.15, 0.2) is 0 Å². The Bertz CT molecular complexity index is 437. The van der Waals surface area contributed by atoms with Gasteiger partial charge in [0.1, 0.15) is 15.2 Å². The van der Waals surface area contributed by atoms with Crippen molar-refractivity contribution < 1.29 is 59.7 Å². The molecule has 0 aromatic rings. The second-order valence-electron chi connectivity index (χ2n) is 5.39. The van der Waals surface area contributed by atoms with E-state index < -0.39 is 40.3 Å². The van der Waals surface area contributed by atoms with Crippen LogP contribution in [-0.4, -0.2) is 57.0 Å². The summed E-state index contributed by atoms with van der Waals surface area (Å²) in [5.41, 5.74) is 11.3. The number of aliphatic carboxylic acids is 1. The monoisotopic (exact) mass is 570 g/mol. The molecule has 0 aliphatic heterocycles. The number of hydrogen-bond acceptors (Lipinski definition) is 8. The molecule has 0 saturated heterocycles. The second-order valence-corrected chi connectivity index (χ2v) is 8.51. The molecule has 0 amide bonds. The predicted molar refractivity (Wildman–Crippen MR) is 78.1 cm³/mol. The Hall–Kier alpha value is 0.338. The maximum absolute atomic E-state index is 10.4. The minimum absolute atomic E-state index is 0. The van der Waals surface area contributed by atoms with E-state index in [4.69, 9.17) is 26.4 Å². The SMILES string of the molecule is NC1CCCCC1N.O=C(O)CN(CP(=O)([O-])O)CP(=O)([O-])O.[Pt+2]. The van der Waals surface area contributed by atoms with Gasteiger partial charge in [-0.25, -0.2) is 0 Å². The van der Waals surface area contributed by atoms with Crippen molar-refractivity contribution in [3.63, 3.8) is 0 Å². The summed E-state index contributed by atoms with van der Waals surface area (Å²) in [6, 6.07) is 0.562. The molecular formula is C10H23N3O8P2Pt. The summed E-state index contributed by atoms with van der Waals surface area (Å²) in [5, 5.41) is 8.29. The Morgan fingerprint density at radius 2 is 1.38 bits per heavy atom. The minimum Gasteiger partial charge on any atom is -0.778 e. The molecule has 24 heavy (non-hydrogen) atoms. The van der Waals surface area contributed by atoms with Crippen LogP contribution in [0.2, 0.25) is 0 Å². The minimum atomic E-state index is -4.82. The number of carbonyl (C=O) groups is 1. The van der Waals surface area contributed by atoms with E-state index in [-0.39, 0.29) is 33.1 Å². The molecule has 0 heterocycles. The standard InChI is InChI=1S/C6H14N2.C4H11NO8P2.Pt/c7-5-3-1-2-4-6(5)8;6-4(7)1-5(2-14(8,9)10)3-15(11,12)13;/h5-6H,1-4,7-8H2;1-3H2,(H,6,7)(H2,8,9,10)(H2,11,12,13);/q;;+2/p-2. The van der Waals surface area contributed by atoms with Crippen LogP contribution in [0.3, 0.4) is 0 Å². The maximum atomic E-state index is 10.4. The number of hydrogen-bond donors (Lipinski definition) is 5. The van der Waals surface area contributed by atoms with Gasteiger partial charge in [0, 0.05) is 12.1 Å². The van der Waals surface area contributed by atoms with Gasteiger partial charge in [0.05, 0.1) is 19.1 Å². The Balaban J connectivity index is 0. The molecule has 1 rings (SSSR count). The van der Waals surface area contributed by atoms with Crippen molar-refractivity contribution in [1.82, 2.24) is 4.90 Å². The molecular weight excluding hydrogens is 547 g/mol. The van der Waals surface area contributed by atoms with Crippen molar-refractivity contribution >= 4 is 21.2 Å². The van der Waals surface area contributed by atoms with E-state index in [1.54, 1.807) is 0 Å². The van der Waals surface area contributed by atoms with E-state index in [9.17, 15) is 23.7 Å². The van der Waals surface area contributed by atoms with Crippen molar-refractivity contribution in [2.45, 2.75) is 37.8 Å². The zero-order valence-electron chi connectivity index (χ0n) is 12.8. The normalized spacial score (nSPS) is 25.5. The Morgan fingerprint density at radius 3 is 1.58 bits per heavy atom. The number of nitrogens with two attached hydrogens (primary N) is 2. The van der Waals surface area contributed by atoms with Crippen LogP contribution in [0.5, 0.6) is 0 Å². The van der Waals surface area contributed by atoms with Crippen LogP contribution in [0.4, 0.5) is 0 Å². The molecule has 1 fully saturated rings. The smallest absolute Gasteiger partial charge is 0.778 e. The van der Waals surface area contributed by atoms with Crippen LogP contribution in [0.15, 0.2) is 0 Å². The van der Waals surface area contributed by atoms with Crippen molar-refractivity contribution in [2.24, 2.45) is 11.5 Å². The average molecular weight is 570 g/mol. The van der Waals surface area contributed by atoms with Gasteiger partial charge < -0.3 is 45.3 Å². The topological polar surface area (TPSA) is 213 Å². The van der Waals surface area contributed by atoms with Crippen LogP contribution in [0.25, 0.3) is 0 Å². The summed E-state index contributed by atoms with van der Waals surface area (Å²) in [5.74, 6) is -1.49. The van der Waals surface area contributed by atoms with Crippen LogP contribution in [0.1, 0.15) is 25.7 Å². The van der Waals surface area contributed by atoms with Crippen molar-refractivity contribution in [3.05, 3.63) is 0 Å². The fraction of sp³-hybridized carbons (Fsp3) is 0.900. The molecule has 0 aromatic heterocycles. The first-order valence-corrected chi connectivity index (χ1v) is 10.3. The van der Waals surface area contributed by atoms with Crippen LogP contribution in [-0.2, 0) is 35.0 Å². The summed E-state index contributed by atoms with van der Waals surface area (Å²) < 4.78 is 20.8. The molecule has 4 atom stereocenters. The van der Waals surface area contributed by atoms with Crippen molar-refractivity contribution in [2.75, 3.05) is 19.1 Å². The fourth-order valence-corrected chi connectivity index (χ4v) is 3.60. The van der Waals surface area contributed by atoms with Gasteiger partial charge in [0.2, 0.25) is 0 Å². The predicted octanol–water partition coefficient (Wildman–Crippen LogP) is -2.41. The van der Waals surface area contributed by atoms with E-state index >= 15 is 0 Å². The van der Waals surface area contributed by atoms with Gasteiger partial charge in [-0.05, 0) is 12.8 Å². The quantitative estimate of drug-likeness (QED) is 0.212. The molecule has 0 spiro atoms. The van der Waals surface area contributed by atoms with E-state index in [0.717, 1.165) is 12.8 Å². The zero-order valence-corrected chi connectivity index (χ0v) is 16.9. The van der Waals surface area contributed by atoms with Crippen molar-refractivity contribution in [1.29, 1.82) is 0 Å². The van der Waals surface area contributed by atoms with E-state index in [1.807, 2.05) is 0 Å². The molecule has 0 radical (unpaired) electrons. The summed E-state index contributed by atoms with van der Waals surface area (Å²) >= 11 is 0. The van der Waals surface area contributed by atoms with Crippen molar-refractivity contribution in [3.8, 4) is 0 Å². The van der Waals surface area contributed by atoms with Gasteiger partial charge in [-0.15, -0.1) is 0 Å². The summed E-state index contributed by atoms with van der Waals surface area (Å²) in [4.78, 5) is 48.1. The Labute approximate surface area is 154 Å². The largest absolute Gasteiger partial charge is 2.00 e. The summed E-state index contributed by atoms with van der Waals surface area (Å²) in [6.45, 7) is -0.931. The van der Waals surface area contributed by atoms with Gasteiger partial charge in [-0.1, -0.05) is 12.8 Å². The molecule has 1 saturated carbocycles. The van der Waals surface area contributed by atoms with Gasteiger partial charge in [-0.3, -0.25) is 9.69 Å². The van der Waals surface area contributed by atoms with Gasteiger partial charge in [0.25, 0.3) is 0 Å². The molecule has 7 N–H and O–H groups in total. The Kier molecular flexibility index (Phi) is 13.1. The zero-order chi connectivity index (χ0) is 18.3. The fourth-order valence-electron chi connectivity index (χ4n) is 2.03. The number of carboxylic acid groups (broad SMARTS) is 1. The first-order chi connectivity index (χ1) is 10.3. The summed E-state index contributed by atoms with van der Waals surface area (Å²) in [6.07, 6.45) is 2.48. The van der Waals surface area contributed by atoms with E-state index in [2.05, 4.69) is 0 Å². The van der Waals surface area contributed by atoms with E-state index in [1.165, 1.54) is 12.8 Å². The number of carboxylic acids is 1. The molecule has 4 unspecified atom stereocenters. The second kappa shape index (κ2) is 11.9. The molecule has 1 aliphatic carbocycles. The maximum Gasteiger partial charge on any atom is 2.00 e. The first-order valence-electron chi connectivity index (χ1n) is 6.81. The molecule has 11 nitrogen and oxygen atoms in total. The third kappa shape index (κ3) is 15.8.